The summed E-state index contributed by atoms with van der Waals surface area (Å²) in [5.41, 5.74) is 1.51. The summed E-state index contributed by atoms with van der Waals surface area (Å²) in [6.07, 6.45) is -0.204. The maximum absolute atomic E-state index is 13.2. The van der Waals surface area contributed by atoms with Crippen LogP contribution < -0.4 is 24.8 Å². The molecule has 1 aliphatic heterocycles. The van der Waals surface area contributed by atoms with E-state index in [0.717, 1.165) is 11.3 Å². The van der Waals surface area contributed by atoms with Crippen molar-refractivity contribution in [2.45, 2.75) is 19.1 Å². The van der Waals surface area contributed by atoms with Crippen molar-refractivity contribution >= 4 is 11.6 Å². The number of hydrogen-bond donors (Lipinski definition) is 2. The Morgan fingerprint density at radius 1 is 1.00 bits per heavy atom. The molecule has 160 valence electrons. The molecule has 3 aromatic carbocycles. The van der Waals surface area contributed by atoms with Crippen LogP contribution in [0.5, 0.6) is 17.2 Å². The van der Waals surface area contributed by atoms with Crippen molar-refractivity contribution < 1.29 is 19.0 Å². The van der Waals surface area contributed by atoms with Crippen molar-refractivity contribution in [2.75, 3.05) is 25.1 Å². The van der Waals surface area contributed by atoms with E-state index in [9.17, 15) is 4.79 Å². The van der Waals surface area contributed by atoms with Crippen LogP contribution in [0.3, 0.4) is 0 Å². The topological polar surface area (TPSA) is 68.8 Å². The summed E-state index contributed by atoms with van der Waals surface area (Å²) in [7, 11) is 0. The van der Waals surface area contributed by atoms with Gasteiger partial charge in [-0.05, 0) is 36.8 Å². The van der Waals surface area contributed by atoms with Crippen LogP contribution in [0.15, 0.2) is 78.9 Å². The lowest BCUT2D eigenvalue weighted by Gasteiger charge is -2.28. The second-order valence-corrected chi connectivity index (χ2v) is 7.17. The van der Waals surface area contributed by atoms with Crippen LogP contribution in [0, 0.1) is 0 Å². The van der Waals surface area contributed by atoms with Crippen LogP contribution in [0.25, 0.3) is 0 Å². The summed E-state index contributed by atoms with van der Waals surface area (Å²) >= 11 is 0. The minimum Gasteiger partial charge on any atom is -0.492 e. The average molecular weight is 418 g/mol. The Bertz CT molecular complexity index is 1010. The molecule has 0 unspecified atom stereocenters. The molecule has 4 rings (SSSR count). The van der Waals surface area contributed by atoms with Gasteiger partial charge in [0.1, 0.15) is 24.5 Å². The minimum atomic E-state index is -0.559. The van der Waals surface area contributed by atoms with Crippen LogP contribution in [0.4, 0.5) is 5.69 Å². The van der Waals surface area contributed by atoms with Crippen molar-refractivity contribution in [3.8, 4) is 17.2 Å². The molecule has 2 N–H and O–H groups in total. The molecule has 0 fully saturated rings. The Morgan fingerprint density at radius 2 is 1.71 bits per heavy atom. The highest BCUT2D eigenvalue weighted by Crippen LogP contribution is 2.31. The van der Waals surface area contributed by atoms with Gasteiger partial charge in [-0.15, -0.1) is 0 Å². The van der Waals surface area contributed by atoms with Gasteiger partial charge < -0.3 is 19.5 Å². The molecule has 2 atom stereocenters. The third-order valence-electron chi connectivity index (χ3n) is 4.96. The molecule has 6 nitrogen and oxygen atoms in total. The van der Waals surface area contributed by atoms with Gasteiger partial charge in [0.15, 0.2) is 11.5 Å². The molecule has 0 spiro atoms. The molecule has 0 saturated carbocycles. The van der Waals surface area contributed by atoms with Gasteiger partial charge in [0.05, 0.1) is 12.3 Å². The molecule has 1 aliphatic rings. The van der Waals surface area contributed by atoms with Gasteiger partial charge in [0, 0.05) is 6.54 Å². The molecular weight excluding hydrogens is 392 g/mol. The quantitative estimate of drug-likeness (QED) is 0.574. The number of fused-ring (bicyclic) bond motifs is 1. The molecule has 1 amide bonds. The molecule has 31 heavy (non-hydrogen) atoms. The first-order chi connectivity index (χ1) is 15.2. The molecule has 1 heterocycles. The monoisotopic (exact) mass is 418 g/mol. The van der Waals surface area contributed by atoms with Gasteiger partial charge in [0.2, 0.25) is 5.91 Å². The number of anilines is 1. The lowest BCUT2D eigenvalue weighted by Crippen LogP contribution is -2.42. The number of carbonyl (C=O) groups excluding carboxylic acids is 1. The third kappa shape index (κ3) is 5.16. The minimum absolute atomic E-state index is 0.171. The standard InChI is InChI=1S/C25H26N2O4/c1-2-29-21-13-7-6-12-20(21)27-25(28)24(18-10-4-3-5-11-18)26-16-19-17-30-22-14-8-9-15-23(22)31-19/h3-15,19,24,26H,2,16-17H2,1H3,(H,27,28)/t19-,24+/m0/s1. The van der Waals surface area contributed by atoms with Crippen molar-refractivity contribution in [1.82, 2.24) is 5.32 Å². The first-order valence-electron chi connectivity index (χ1n) is 10.4. The molecule has 0 saturated heterocycles. The Morgan fingerprint density at radius 3 is 2.52 bits per heavy atom. The third-order valence-corrected chi connectivity index (χ3v) is 4.96. The molecule has 6 heteroatoms. The van der Waals surface area contributed by atoms with E-state index in [1.165, 1.54) is 0 Å². The first kappa shape index (κ1) is 20.8. The fraction of sp³-hybridized carbons (Fsp3) is 0.240. The van der Waals surface area contributed by atoms with Crippen LogP contribution in [-0.4, -0.2) is 31.8 Å². The first-order valence-corrected chi connectivity index (χ1v) is 10.4. The van der Waals surface area contributed by atoms with Crippen LogP contribution in [0.2, 0.25) is 0 Å². The smallest absolute Gasteiger partial charge is 0.246 e. The number of amides is 1. The Balaban J connectivity index is 1.47. The van der Waals surface area contributed by atoms with Crippen molar-refractivity contribution in [2.24, 2.45) is 0 Å². The highest BCUT2D eigenvalue weighted by atomic mass is 16.6. The molecular formula is C25H26N2O4. The van der Waals surface area contributed by atoms with Crippen LogP contribution in [-0.2, 0) is 4.79 Å². The number of nitrogens with one attached hydrogen (secondary N) is 2. The number of para-hydroxylation sites is 4. The van der Waals surface area contributed by atoms with Gasteiger partial charge >= 0.3 is 0 Å². The predicted molar refractivity (Wildman–Crippen MR) is 120 cm³/mol. The van der Waals surface area contributed by atoms with Gasteiger partial charge in [0.25, 0.3) is 0 Å². The largest absolute Gasteiger partial charge is 0.492 e. The van der Waals surface area contributed by atoms with E-state index in [2.05, 4.69) is 10.6 Å². The predicted octanol–water partition coefficient (Wildman–Crippen LogP) is 4.19. The average Bonchev–Trinajstić information content (AvgIpc) is 2.81. The van der Waals surface area contributed by atoms with E-state index in [-0.39, 0.29) is 12.0 Å². The summed E-state index contributed by atoms with van der Waals surface area (Å²) in [4.78, 5) is 13.2. The van der Waals surface area contributed by atoms with E-state index in [4.69, 9.17) is 14.2 Å². The molecule has 0 aromatic heterocycles. The second kappa shape index (κ2) is 10.00. The van der Waals surface area contributed by atoms with Gasteiger partial charge in [-0.2, -0.15) is 0 Å². The maximum Gasteiger partial charge on any atom is 0.246 e. The maximum atomic E-state index is 13.2. The summed E-state index contributed by atoms with van der Waals surface area (Å²) in [5.74, 6) is 1.93. The van der Waals surface area contributed by atoms with Gasteiger partial charge in [-0.3, -0.25) is 10.1 Å². The Labute approximate surface area is 182 Å². The summed E-state index contributed by atoms with van der Waals surface area (Å²) in [6.45, 7) is 3.31. The normalized spacial score (nSPS) is 15.7. The number of benzene rings is 3. The fourth-order valence-corrected chi connectivity index (χ4v) is 3.48. The van der Waals surface area contributed by atoms with E-state index < -0.39 is 6.04 Å². The number of hydrogen-bond acceptors (Lipinski definition) is 5. The highest BCUT2D eigenvalue weighted by molar-refractivity contribution is 5.96. The van der Waals surface area contributed by atoms with Crippen molar-refractivity contribution in [3.63, 3.8) is 0 Å². The fourth-order valence-electron chi connectivity index (χ4n) is 3.48. The molecule has 0 aliphatic carbocycles. The highest BCUT2D eigenvalue weighted by Gasteiger charge is 2.25. The van der Waals surface area contributed by atoms with E-state index in [1.54, 1.807) is 0 Å². The van der Waals surface area contributed by atoms with Crippen LogP contribution >= 0.6 is 0 Å². The van der Waals surface area contributed by atoms with Gasteiger partial charge in [-0.1, -0.05) is 54.6 Å². The SMILES string of the molecule is CCOc1ccccc1NC(=O)[C@H](NC[C@H]1COc2ccccc2O1)c1ccccc1. The lowest BCUT2D eigenvalue weighted by atomic mass is 10.1. The van der Waals surface area contributed by atoms with Crippen molar-refractivity contribution in [1.29, 1.82) is 0 Å². The molecule has 0 radical (unpaired) electrons. The van der Waals surface area contributed by atoms with Gasteiger partial charge in [-0.25, -0.2) is 0 Å². The van der Waals surface area contributed by atoms with E-state index >= 15 is 0 Å². The lowest BCUT2D eigenvalue weighted by molar-refractivity contribution is -0.118. The van der Waals surface area contributed by atoms with E-state index in [1.807, 2.05) is 85.8 Å². The Hall–Kier alpha value is -3.51. The second-order valence-electron chi connectivity index (χ2n) is 7.17. The zero-order valence-corrected chi connectivity index (χ0v) is 17.4. The van der Waals surface area contributed by atoms with Crippen molar-refractivity contribution in [3.05, 3.63) is 84.4 Å². The zero-order valence-electron chi connectivity index (χ0n) is 17.4. The number of ether oxygens (including phenoxy) is 3. The summed E-state index contributed by atoms with van der Waals surface area (Å²) in [6, 6.07) is 24.1. The van der Waals surface area contributed by atoms with Crippen LogP contribution in [0.1, 0.15) is 18.5 Å². The number of rotatable bonds is 8. The summed E-state index contributed by atoms with van der Waals surface area (Å²) < 4.78 is 17.5. The zero-order chi connectivity index (χ0) is 21.5. The summed E-state index contributed by atoms with van der Waals surface area (Å²) in [5, 5.41) is 6.35. The molecule has 0 bridgehead atoms. The number of carbonyl (C=O) groups is 1. The van der Waals surface area contributed by atoms with E-state index in [0.29, 0.717) is 36.9 Å². The molecule has 3 aromatic rings. The Kier molecular flexibility index (Phi) is 6.69.